The maximum Gasteiger partial charge on any atom is 0.146 e. The van der Waals surface area contributed by atoms with Gasteiger partial charge in [-0.15, -0.1) is 0 Å². The molecular weight excluding hydrogens is 258 g/mol. The van der Waals surface area contributed by atoms with E-state index in [0.717, 1.165) is 0 Å². The minimum Gasteiger partial charge on any atom is -0.365 e. The van der Waals surface area contributed by atoms with E-state index in [1.165, 1.54) is 12.1 Å². The van der Waals surface area contributed by atoms with Crippen LogP contribution in [0.25, 0.3) is 0 Å². The molecule has 1 atom stereocenters. The summed E-state index contributed by atoms with van der Waals surface area (Å²) >= 11 is 0. The van der Waals surface area contributed by atoms with Crippen LogP contribution < -0.4 is 5.32 Å². The zero-order chi connectivity index (χ0) is 14.6. The molecule has 0 saturated carbocycles. The zero-order valence-electron chi connectivity index (χ0n) is 11.0. The van der Waals surface area contributed by atoms with E-state index >= 15 is 0 Å². The van der Waals surface area contributed by atoms with E-state index in [9.17, 15) is 14.0 Å². The van der Waals surface area contributed by atoms with Crippen molar-refractivity contribution in [1.82, 2.24) is 0 Å². The van der Waals surface area contributed by atoms with Gasteiger partial charge in [-0.1, -0.05) is 30.3 Å². The lowest BCUT2D eigenvalue weighted by Crippen LogP contribution is -2.36. The topological polar surface area (TPSA) is 35.8 Å². The Bertz CT molecular complexity index is 599. The number of nitriles is 1. The molecule has 0 aromatic heterocycles. The summed E-state index contributed by atoms with van der Waals surface area (Å²) in [6, 6.07) is 14.4. The molecule has 0 bridgehead atoms. The Balaban J connectivity index is 2.25. The van der Waals surface area contributed by atoms with Crippen LogP contribution in [0.1, 0.15) is 12.5 Å². The van der Waals surface area contributed by atoms with E-state index in [0.29, 0.717) is 5.56 Å². The number of para-hydroxylation sites is 1. The van der Waals surface area contributed by atoms with Crippen molar-refractivity contribution in [3.05, 3.63) is 65.7 Å². The largest absolute Gasteiger partial charge is 0.365 e. The second-order valence-electron chi connectivity index (χ2n) is 4.82. The molecule has 1 N–H and O–H groups in total. The number of anilines is 1. The summed E-state index contributed by atoms with van der Waals surface area (Å²) in [6.07, 6.45) is 0.143. The molecule has 2 nitrogen and oxygen atoms in total. The van der Waals surface area contributed by atoms with E-state index in [1.807, 2.05) is 0 Å². The van der Waals surface area contributed by atoms with Gasteiger partial charge in [-0.2, -0.15) is 5.26 Å². The van der Waals surface area contributed by atoms with Gasteiger partial charge in [-0.05, 0) is 30.7 Å². The van der Waals surface area contributed by atoms with Crippen molar-refractivity contribution in [2.45, 2.75) is 18.9 Å². The summed E-state index contributed by atoms with van der Waals surface area (Å²) in [7, 11) is 0. The third-order valence-corrected chi connectivity index (χ3v) is 3.03. The van der Waals surface area contributed by atoms with Crippen LogP contribution in [0.4, 0.5) is 14.5 Å². The zero-order valence-corrected chi connectivity index (χ0v) is 11.0. The minimum atomic E-state index is -1.09. The van der Waals surface area contributed by atoms with Crippen LogP contribution in [-0.4, -0.2) is 5.54 Å². The average Bonchev–Trinajstić information content (AvgIpc) is 2.44. The average molecular weight is 272 g/mol. The van der Waals surface area contributed by atoms with Crippen LogP contribution in [0.3, 0.4) is 0 Å². The third kappa shape index (κ3) is 3.12. The molecule has 0 amide bonds. The van der Waals surface area contributed by atoms with Crippen molar-refractivity contribution in [3.8, 4) is 6.07 Å². The van der Waals surface area contributed by atoms with Crippen LogP contribution >= 0.6 is 0 Å². The molecule has 20 heavy (non-hydrogen) atoms. The fraction of sp³-hybridized carbons (Fsp3) is 0.188. The highest BCUT2D eigenvalue weighted by atomic mass is 19.1. The van der Waals surface area contributed by atoms with Crippen molar-refractivity contribution in [2.75, 3.05) is 5.32 Å². The SMILES string of the molecule is CC(C#N)(Cc1ccccc1F)Nc1ccccc1F. The van der Waals surface area contributed by atoms with Crippen LogP contribution in [0.5, 0.6) is 0 Å². The lowest BCUT2D eigenvalue weighted by atomic mass is 9.93. The van der Waals surface area contributed by atoms with E-state index in [2.05, 4.69) is 11.4 Å². The summed E-state index contributed by atoms with van der Waals surface area (Å²) in [4.78, 5) is 0. The van der Waals surface area contributed by atoms with E-state index in [4.69, 9.17) is 0 Å². The van der Waals surface area contributed by atoms with Crippen LogP contribution in [-0.2, 0) is 6.42 Å². The monoisotopic (exact) mass is 272 g/mol. The first-order valence-corrected chi connectivity index (χ1v) is 6.21. The highest BCUT2D eigenvalue weighted by molar-refractivity contribution is 5.49. The van der Waals surface area contributed by atoms with Crippen molar-refractivity contribution in [1.29, 1.82) is 5.26 Å². The van der Waals surface area contributed by atoms with Crippen LogP contribution in [0.15, 0.2) is 48.5 Å². The Labute approximate surface area is 116 Å². The molecule has 4 heteroatoms. The Hall–Kier alpha value is -2.41. The second kappa shape index (κ2) is 5.70. The Kier molecular flexibility index (Phi) is 3.99. The lowest BCUT2D eigenvalue weighted by molar-refractivity contribution is 0.569. The van der Waals surface area contributed by atoms with Gasteiger partial charge < -0.3 is 5.32 Å². The number of nitrogens with one attached hydrogen (secondary N) is 1. The molecule has 0 aliphatic heterocycles. The second-order valence-corrected chi connectivity index (χ2v) is 4.82. The number of nitrogens with zero attached hydrogens (tertiary/aromatic N) is 1. The summed E-state index contributed by atoms with van der Waals surface area (Å²) < 4.78 is 27.3. The number of rotatable bonds is 4. The molecule has 0 fully saturated rings. The summed E-state index contributed by atoms with van der Waals surface area (Å²) in [5.74, 6) is -0.813. The molecule has 2 aromatic carbocycles. The first-order valence-electron chi connectivity index (χ1n) is 6.21. The predicted octanol–water partition coefficient (Wildman–Crippen LogP) is 3.90. The van der Waals surface area contributed by atoms with Gasteiger partial charge in [-0.3, -0.25) is 0 Å². The van der Waals surface area contributed by atoms with Gasteiger partial charge in [-0.25, -0.2) is 8.78 Å². The molecule has 2 rings (SSSR count). The molecule has 0 aliphatic carbocycles. The van der Waals surface area contributed by atoms with Crippen molar-refractivity contribution in [3.63, 3.8) is 0 Å². The highest BCUT2D eigenvalue weighted by Crippen LogP contribution is 2.22. The quantitative estimate of drug-likeness (QED) is 0.916. The molecule has 0 heterocycles. The predicted molar refractivity (Wildman–Crippen MR) is 74.1 cm³/mol. The summed E-state index contributed by atoms with van der Waals surface area (Å²) in [6.45, 7) is 1.62. The van der Waals surface area contributed by atoms with E-state index < -0.39 is 11.4 Å². The lowest BCUT2D eigenvalue weighted by Gasteiger charge is -2.25. The first kappa shape index (κ1) is 14.0. The molecule has 0 saturated heterocycles. The maximum absolute atomic E-state index is 13.7. The fourth-order valence-corrected chi connectivity index (χ4v) is 1.99. The number of benzene rings is 2. The fourth-order valence-electron chi connectivity index (χ4n) is 1.99. The number of hydrogen-bond acceptors (Lipinski definition) is 2. The highest BCUT2D eigenvalue weighted by Gasteiger charge is 2.26. The first-order chi connectivity index (χ1) is 9.54. The molecule has 2 aromatic rings. The molecular formula is C16H14F2N2. The van der Waals surface area contributed by atoms with Crippen molar-refractivity contribution in [2.24, 2.45) is 0 Å². The smallest absolute Gasteiger partial charge is 0.146 e. The van der Waals surface area contributed by atoms with Gasteiger partial charge in [0, 0.05) is 6.42 Å². The summed E-state index contributed by atoms with van der Waals surface area (Å²) in [5, 5.41) is 12.2. The standard InChI is InChI=1S/C16H14F2N2/c1-16(11-19,10-12-6-2-3-7-13(12)17)20-15-9-5-4-8-14(15)18/h2-9,20H,10H2,1H3. The molecule has 102 valence electrons. The van der Waals surface area contributed by atoms with Gasteiger partial charge in [0.2, 0.25) is 0 Å². The van der Waals surface area contributed by atoms with Crippen LogP contribution in [0, 0.1) is 23.0 Å². The van der Waals surface area contributed by atoms with Gasteiger partial charge >= 0.3 is 0 Å². The molecule has 0 spiro atoms. The van der Waals surface area contributed by atoms with Crippen molar-refractivity contribution >= 4 is 5.69 Å². The van der Waals surface area contributed by atoms with Crippen molar-refractivity contribution < 1.29 is 8.78 Å². The van der Waals surface area contributed by atoms with Gasteiger partial charge in [0.15, 0.2) is 0 Å². The number of hydrogen-bond donors (Lipinski definition) is 1. The molecule has 0 aliphatic rings. The van der Waals surface area contributed by atoms with Gasteiger partial charge in [0.25, 0.3) is 0 Å². The Morgan fingerprint density at radius 2 is 1.65 bits per heavy atom. The van der Waals surface area contributed by atoms with Gasteiger partial charge in [0.1, 0.15) is 17.2 Å². The Morgan fingerprint density at radius 3 is 2.25 bits per heavy atom. The Morgan fingerprint density at radius 1 is 1.05 bits per heavy atom. The normalized spacial score (nSPS) is 13.3. The molecule has 0 radical (unpaired) electrons. The van der Waals surface area contributed by atoms with E-state index in [1.54, 1.807) is 43.3 Å². The number of halogens is 2. The summed E-state index contributed by atoms with van der Waals surface area (Å²) in [5.41, 5.74) is -0.446. The molecule has 1 unspecified atom stereocenters. The third-order valence-electron chi connectivity index (χ3n) is 3.03. The minimum absolute atomic E-state index is 0.143. The van der Waals surface area contributed by atoms with E-state index in [-0.39, 0.29) is 17.9 Å². The maximum atomic E-state index is 13.7. The van der Waals surface area contributed by atoms with Gasteiger partial charge in [0.05, 0.1) is 11.8 Å². The van der Waals surface area contributed by atoms with Crippen LogP contribution in [0.2, 0.25) is 0 Å².